The average molecular weight is 239 g/mol. The minimum Gasteiger partial charge on any atom is -0.376 e. The molecule has 0 N–H and O–H groups in total. The summed E-state index contributed by atoms with van der Waals surface area (Å²) in [5.74, 6) is 1.49. The number of halogens is 1. The van der Waals surface area contributed by atoms with Crippen LogP contribution in [0.25, 0.3) is 0 Å². The van der Waals surface area contributed by atoms with E-state index < -0.39 is 0 Å². The topological polar surface area (TPSA) is 35.0 Å². The lowest BCUT2D eigenvalue weighted by molar-refractivity contribution is 0.108. The van der Waals surface area contributed by atoms with Gasteiger partial charge >= 0.3 is 0 Å². The number of hydrogen-bond acceptors (Lipinski definition) is 3. The van der Waals surface area contributed by atoms with Crippen molar-refractivity contribution in [3.05, 3.63) is 22.2 Å². The fourth-order valence-electron chi connectivity index (χ4n) is 2.58. The highest BCUT2D eigenvalue weighted by atomic mass is 35.5. The summed E-state index contributed by atoms with van der Waals surface area (Å²) >= 11 is 6.19. The van der Waals surface area contributed by atoms with Crippen molar-refractivity contribution in [3.63, 3.8) is 0 Å². The third-order valence-electron chi connectivity index (χ3n) is 3.51. The van der Waals surface area contributed by atoms with E-state index in [2.05, 4.69) is 9.97 Å². The molecule has 16 heavy (non-hydrogen) atoms. The molecule has 0 atom stereocenters. The van der Waals surface area contributed by atoms with Crippen LogP contribution in [0.15, 0.2) is 0 Å². The van der Waals surface area contributed by atoms with Gasteiger partial charge in [0.05, 0.1) is 18.9 Å². The lowest BCUT2D eigenvalue weighted by Crippen LogP contribution is -2.16. The average Bonchev–Trinajstić information content (AvgIpc) is 2.82. The van der Waals surface area contributed by atoms with Gasteiger partial charge in [-0.05, 0) is 12.8 Å². The van der Waals surface area contributed by atoms with Crippen LogP contribution in [0.3, 0.4) is 0 Å². The SMILES string of the molecule is Clc1nc(C2CCCC2)nc2c1COCC2. The van der Waals surface area contributed by atoms with Gasteiger partial charge in [0.2, 0.25) is 0 Å². The van der Waals surface area contributed by atoms with E-state index in [0.29, 0.717) is 17.7 Å². The predicted molar refractivity (Wildman–Crippen MR) is 61.6 cm³/mol. The van der Waals surface area contributed by atoms with Crippen LogP contribution in [0, 0.1) is 0 Å². The first kappa shape index (κ1) is 10.5. The maximum absolute atomic E-state index is 6.19. The molecule has 1 aromatic rings. The molecule has 86 valence electrons. The van der Waals surface area contributed by atoms with Crippen LogP contribution in [-0.2, 0) is 17.8 Å². The van der Waals surface area contributed by atoms with Crippen molar-refractivity contribution in [2.75, 3.05) is 6.61 Å². The molecule has 0 spiro atoms. The van der Waals surface area contributed by atoms with E-state index in [1.54, 1.807) is 0 Å². The van der Waals surface area contributed by atoms with Crippen LogP contribution in [-0.4, -0.2) is 16.6 Å². The van der Waals surface area contributed by atoms with Crippen molar-refractivity contribution in [1.82, 2.24) is 9.97 Å². The number of ether oxygens (including phenoxy) is 1. The molecule has 0 bridgehead atoms. The van der Waals surface area contributed by atoms with Crippen LogP contribution in [0.5, 0.6) is 0 Å². The standard InChI is InChI=1S/C12H15ClN2O/c13-11-9-7-16-6-5-10(9)14-12(15-11)8-3-1-2-4-8/h8H,1-7H2. The van der Waals surface area contributed by atoms with Crippen LogP contribution >= 0.6 is 11.6 Å². The first-order valence-corrected chi connectivity index (χ1v) is 6.35. The van der Waals surface area contributed by atoms with Crippen LogP contribution in [0.2, 0.25) is 5.15 Å². The molecule has 2 heterocycles. The summed E-state index contributed by atoms with van der Waals surface area (Å²) in [6.45, 7) is 1.32. The minimum atomic E-state index is 0.533. The summed E-state index contributed by atoms with van der Waals surface area (Å²) in [4.78, 5) is 9.12. The molecular formula is C12H15ClN2O. The van der Waals surface area contributed by atoms with Gasteiger partial charge in [-0.1, -0.05) is 24.4 Å². The molecule has 0 radical (unpaired) electrons. The maximum atomic E-state index is 6.19. The van der Waals surface area contributed by atoms with Gasteiger partial charge in [-0.25, -0.2) is 9.97 Å². The first-order valence-electron chi connectivity index (χ1n) is 5.97. The van der Waals surface area contributed by atoms with Gasteiger partial charge < -0.3 is 4.74 Å². The van der Waals surface area contributed by atoms with Gasteiger partial charge in [-0.2, -0.15) is 0 Å². The molecule has 0 unspecified atom stereocenters. The zero-order valence-corrected chi connectivity index (χ0v) is 9.96. The summed E-state index contributed by atoms with van der Waals surface area (Å²) in [6.07, 6.45) is 5.90. The Morgan fingerprint density at radius 1 is 1.19 bits per heavy atom. The Balaban J connectivity index is 1.97. The van der Waals surface area contributed by atoms with E-state index in [1.807, 2.05) is 0 Å². The second-order valence-electron chi connectivity index (χ2n) is 4.58. The molecule has 0 amide bonds. The Morgan fingerprint density at radius 3 is 2.81 bits per heavy atom. The summed E-state index contributed by atoms with van der Waals surface area (Å²) < 4.78 is 5.38. The largest absolute Gasteiger partial charge is 0.376 e. The molecule has 4 heteroatoms. The molecule has 1 fully saturated rings. The smallest absolute Gasteiger partial charge is 0.138 e. The Labute approximate surface area is 100 Å². The number of fused-ring (bicyclic) bond motifs is 1. The van der Waals surface area contributed by atoms with Gasteiger partial charge in [0.15, 0.2) is 0 Å². The van der Waals surface area contributed by atoms with Gasteiger partial charge in [0.1, 0.15) is 11.0 Å². The summed E-state index contributed by atoms with van der Waals surface area (Å²) in [7, 11) is 0. The zero-order valence-electron chi connectivity index (χ0n) is 9.21. The van der Waals surface area contributed by atoms with E-state index >= 15 is 0 Å². The fourth-order valence-corrected chi connectivity index (χ4v) is 2.83. The molecule has 2 aliphatic rings. The van der Waals surface area contributed by atoms with E-state index in [0.717, 1.165) is 30.1 Å². The van der Waals surface area contributed by atoms with E-state index in [1.165, 1.54) is 25.7 Å². The lowest BCUT2D eigenvalue weighted by Gasteiger charge is -2.18. The van der Waals surface area contributed by atoms with E-state index in [9.17, 15) is 0 Å². The summed E-state index contributed by atoms with van der Waals surface area (Å²) in [5.41, 5.74) is 2.10. The van der Waals surface area contributed by atoms with E-state index in [4.69, 9.17) is 16.3 Å². The Hall–Kier alpha value is -0.670. The maximum Gasteiger partial charge on any atom is 0.138 e. The van der Waals surface area contributed by atoms with Crippen molar-refractivity contribution in [1.29, 1.82) is 0 Å². The Kier molecular flexibility index (Phi) is 2.82. The number of nitrogens with zero attached hydrogens (tertiary/aromatic N) is 2. The highest BCUT2D eigenvalue weighted by Crippen LogP contribution is 2.34. The number of hydrogen-bond donors (Lipinski definition) is 0. The minimum absolute atomic E-state index is 0.533. The first-order chi connectivity index (χ1) is 7.84. The second kappa shape index (κ2) is 4.30. The lowest BCUT2D eigenvalue weighted by atomic mass is 10.1. The van der Waals surface area contributed by atoms with Gasteiger partial charge in [0.25, 0.3) is 0 Å². The Morgan fingerprint density at radius 2 is 2.00 bits per heavy atom. The summed E-state index contributed by atoms with van der Waals surface area (Å²) in [5, 5.41) is 0.603. The Bertz CT molecular complexity index is 402. The van der Waals surface area contributed by atoms with Crippen LogP contribution in [0.1, 0.15) is 48.7 Å². The van der Waals surface area contributed by atoms with E-state index in [-0.39, 0.29) is 0 Å². The molecule has 1 saturated carbocycles. The van der Waals surface area contributed by atoms with Crippen molar-refractivity contribution in [3.8, 4) is 0 Å². The quantitative estimate of drug-likeness (QED) is 0.706. The fraction of sp³-hybridized carbons (Fsp3) is 0.667. The zero-order chi connectivity index (χ0) is 11.0. The molecular weight excluding hydrogens is 224 g/mol. The molecule has 0 aromatic carbocycles. The molecule has 1 aliphatic carbocycles. The van der Waals surface area contributed by atoms with Crippen molar-refractivity contribution in [2.24, 2.45) is 0 Å². The number of rotatable bonds is 1. The molecule has 1 aromatic heterocycles. The van der Waals surface area contributed by atoms with Gasteiger partial charge in [-0.3, -0.25) is 0 Å². The van der Waals surface area contributed by atoms with Crippen molar-refractivity contribution < 1.29 is 4.74 Å². The number of aromatic nitrogens is 2. The van der Waals surface area contributed by atoms with Crippen molar-refractivity contribution >= 4 is 11.6 Å². The third-order valence-corrected chi connectivity index (χ3v) is 3.82. The van der Waals surface area contributed by atoms with Gasteiger partial charge in [0, 0.05) is 17.9 Å². The summed E-state index contributed by atoms with van der Waals surface area (Å²) in [6, 6.07) is 0. The van der Waals surface area contributed by atoms with Crippen LogP contribution < -0.4 is 0 Å². The predicted octanol–water partition coefficient (Wildman–Crippen LogP) is 2.86. The second-order valence-corrected chi connectivity index (χ2v) is 4.94. The molecule has 0 saturated heterocycles. The van der Waals surface area contributed by atoms with Crippen molar-refractivity contribution in [2.45, 2.75) is 44.6 Å². The third kappa shape index (κ3) is 1.82. The molecule has 3 rings (SSSR count). The van der Waals surface area contributed by atoms with Gasteiger partial charge in [-0.15, -0.1) is 0 Å². The monoisotopic (exact) mass is 238 g/mol. The normalized spacial score (nSPS) is 21.1. The van der Waals surface area contributed by atoms with Crippen LogP contribution in [0.4, 0.5) is 0 Å². The highest BCUT2D eigenvalue weighted by Gasteiger charge is 2.23. The molecule has 1 aliphatic heterocycles. The highest BCUT2D eigenvalue weighted by molar-refractivity contribution is 6.30. The molecule has 3 nitrogen and oxygen atoms in total.